The Balaban J connectivity index is 2.13. The SMILES string of the molecule is O=Cc1ccc(N2CCCC(CCO)C2)c(F)c1. The van der Waals surface area contributed by atoms with Crippen LogP contribution in [-0.4, -0.2) is 31.1 Å². The Morgan fingerprint density at radius 1 is 1.50 bits per heavy atom. The van der Waals surface area contributed by atoms with Crippen molar-refractivity contribution in [3.8, 4) is 0 Å². The number of aldehydes is 1. The Morgan fingerprint density at radius 2 is 2.33 bits per heavy atom. The first-order chi connectivity index (χ1) is 8.74. The second kappa shape index (κ2) is 5.96. The molecule has 4 heteroatoms. The Morgan fingerprint density at radius 3 is 3.00 bits per heavy atom. The number of hydrogen-bond donors (Lipinski definition) is 1. The van der Waals surface area contributed by atoms with Crippen LogP contribution in [0, 0.1) is 11.7 Å². The van der Waals surface area contributed by atoms with Crippen molar-refractivity contribution in [2.24, 2.45) is 5.92 Å². The average molecular weight is 251 g/mol. The lowest BCUT2D eigenvalue weighted by molar-refractivity contribution is 0.112. The Bertz CT molecular complexity index is 420. The zero-order valence-corrected chi connectivity index (χ0v) is 10.3. The van der Waals surface area contributed by atoms with Gasteiger partial charge in [-0.3, -0.25) is 4.79 Å². The summed E-state index contributed by atoms with van der Waals surface area (Å²) >= 11 is 0. The molecule has 1 unspecified atom stereocenters. The Hall–Kier alpha value is -1.42. The molecule has 1 fully saturated rings. The zero-order chi connectivity index (χ0) is 13.0. The number of anilines is 1. The van der Waals surface area contributed by atoms with Gasteiger partial charge >= 0.3 is 0 Å². The molecule has 1 aliphatic heterocycles. The van der Waals surface area contributed by atoms with Crippen LogP contribution in [0.15, 0.2) is 18.2 Å². The summed E-state index contributed by atoms with van der Waals surface area (Å²) in [5, 5.41) is 8.97. The molecular weight excluding hydrogens is 233 g/mol. The molecule has 1 aromatic rings. The van der Waals surface area contributed by atoms with Gasteiger partial charge in [0.2, 0.25) is 0 Å². The molecular formula is C14H18FNO2. The van der Waals surface area contributed by atoms with Gasteiger partial charge in [0, 0.05) is 25.3 Å². The molecule has 98 valence electrons. The number of benzene rings is 1. The van der Waals surface area contributed by atoms with Gasteiger partial charge < -0.3 is 10.0 Å². The molecule has 0 bridgehead atoms. The number of nitrogens with zero attached hydrogens (tertiary/aromatic N) is 1. The maximum absolute atomic E-state index is 13.9. The highest BCUT2D eigenvalue weighted by atomic mass is 19.1. The second-order valence-electron chi connectivity index (χ2n) is 4.80. The molecule has 1 saturated heterocycles. The number of aliphatic hydroxyl groups is 1. The molecule has 18 heavy (non-hydrogen) atoms. The van der Waals surface area contributed by atoms with Crippen LogP contribution in [-0.2, 0) is 0 Å². The fourth-order valence-electron chi connectivity index (χ4n) is 2.55. The Labute approximate surface area is 106 Å². The molecule has 2 rings (SSSR count). The molecule has 0 spiro atoms. The van der Waals surface area contributed by atoms with Crippen molar-refractivity contribution in [2.75, 3.05) is 24.6 Å². The number of hydrogen-bond acceptors (Lipinski definition) is 3. The van der Waals surface area contributed by atoms with Crippen LogP contribution in [0.3, 0.4) is 0 Å². The summed E-state index contributed by atoms with van der Waals surface area (Å²) in [5.74, 6) is 0.0816. The fraction of sp³-hybridized carbons (Fsp3) is 0.500. The van der Waals surface area contributed by atoms with E-state index in [0.717, 1.165) is 32.4 Å². The van der Waals surface area contributed by atoms with E-state index in [2.05, 4.69) is 0 Å². The van der Waals surface area contributed by atoms with E-state index in [1.807, 2.05) is 4.90 Å². The summed E-state index contributed by atoms with van der Waals surface area (Å²) in [6.07, 6.45) is 3.52. The third kappa shape index (κ3) is 2.88. The van der Waals surface area contributed by atoms with Gasteiger partial charge in [-0.2, -0.15) is 0 Å². The van der Waals surface area contributed by atoms with E-state index in [9.17, 15) is 9.18 Å². The van der Waals surface area contributed by atoms with E-state index in [4.69, 9.17) is 5.11 Å². The first-order valence-electron chi connectivity index (χ1n) is 6.35. The number of carbonyl (C=O) groups excluding carboxylic acids is 1. The minimum absolute atomic E-state index is 0.186. The standard InChI is InChI=1S/C14H18FNO2/c15-13-8-12(10-18)3-4-14(13)16-6-1-2-11(9-16)5-7-17/h3-4,8,10-11,17H,1-2,5-7,9H2. The first kappa shape index (κ1) is 13.0. The fourth-order valence-corrected chi connectivity index (χ4v) is 2.55. The van der Waals surface area contributed by atoms with Crippen molar-refractivity contribution in [3.05, 3.63) is 29.6 Å². The molecule has 0 amide bonds. The predicted molar refractivity (Wildman–Crippen MR) is 68.4 cm³/mol. The van der Waals surface area contributed by atoms with Crippen LogP contribution >= 0.6 is 0 Å². The van der Waals surface area contributed by atoms with E-state index in [0.29, 0.717) is 23.5 Å². The highest BCUT2D eigenvalue weighted by Gasteiger charge is 2.21. The number of aliphatic hydroxyl groups excluding tert-OH is 1. The van der Waals surface area contributed by atoms with Gasteiger partial charge in [0.15, 0.2) is 0 Å². The maximum atomic E-state index is 13.9. The third-order valence-corrected chi connectivity index (χ3v) is 3.50. The van der Waals surface area contributed by atoms with Gasteiger partial charge in [0.1, 0.15) is 12.1 Å². The molecule has 0 saturated carbocycles. The van der Waals surface area contributed by atoms with Crippen LogP contribution in [0.25, 0.3) is 0 Å². The van der Waals surface area contributed by atoms with E-state index < -0.39 is 0 Å². The van der Waals surface area contributed by atoms with Crippen LogP contribution in [0.5, 0.6) is 0 Å². The third-order valence-electron chi connectivity index (χ3n) is 3.50. The van der Waals surface area contributed by atoms with Crippen molar-refractivity contribution in [2.45, 2.75) is 19.3 Å². The van der Waals surface area contributed by atoms with Gasteiger partial charge in [0.25, 0.3) is 0 Å². The molecule has 0 aromatic heterocycles. The summed E-state index contributed by atoms with van der Waals surface area (Å²) in [6, 6.07) is 4.58. The quantitative estimate of drug-likeness (QED) is 0.834. The normalized spacial score (nSPS) is 19.9. The van der Waals surface area contributed by atoms with Crippen LogP contribution in [0.4, 0.5) is 10.1 Å². The van der Waals surface area contributed by atoms with Gasteiger partial charge in [-0.25, -0.2) is 4.39 Å². The molecule has 3 nitrogen and oxygen atoms in total. The van der Waals surface area contributed by atoms with Gasteiger partial charge in [-0.1, -0.05) is 0 Å². The highest BCUT2D eigenvalue weighted by molar-refractivity contribution is 5.76. The van der Waals surface area contributed by atoms with Gasteiger partial charge in [0.05, 0.1) is 5.69 Å². The molecule has 1 heterocycles. The largest absolute Gasteiger partial charge is 0.396 e. The number of rotatable bonds is 4. The summed E-state index contributed by atoms with van der Waals surface area (Å²) in [4.78, 5) is 12.6. The lowest BCUT2D eigenvalue weighted by Gasteiger charge is -2.34. The highest BCUT2D eigenvalue weighted by Crippen LogP contribution is 2.27. The first-order valence-corrected chi connectivity index (χ1v) is 6.35. The number of piperidine rings is 1. The van der Waals surface area contributed by atoms with Crippen LogP contribution in [0.2, 0.25) is 0 Å². The topological polar surface area (TPSA) is 40.5 Å². The summed E-state index contributed by atoms with van der Waals surface area (Å²) in [6.45, 7) is 1.79. The lowest BCUT2D eigenvalue weighted by atomic mass is 9.94. The molecule has 1 aliphatic rings. The van der Waals surface area contributed by atoms with Crippen molar-refractivity contribution < 1.29 is 14.3 Å². The molecule has 0 radical (unpaired) electrons. The summed E-state index contributed by atoms with van der Waals surface area (Å²) < 4.78 is 13.9. The van der Waals surface area contributed by atoms with Gasteiger partial charge in [-0.05, 0) is 43.4 Å². The zero-order valence-electron chi connectivity index (χ0n) is 10.3. The minimum atomic E-state index is -0.343. The number of halogens is 1. The molecule has 1 N–H and O–H groups in total. The smallest absolute Gasteiger partial charge is 0.150 e. The van der Waals surface area contributed by atoms with E-state index in [1.54, 1.807) is 12.1 Å². The maximum Gasteiger partial charge on any atom is 0.150 e. The molecule has 0 aliphatic carbocycles. The van der Waals surface area contributed by atoms with E-state index in [1.165, 1.54) is 6.07 Å². The lowest BCUT2D eigenvalue weighted by Crippen LogP contribution is -2.36. The monoisotopic (exact) mass is 251 g/mol. The second-order valence-corrected chi connectivity index (χ2v) is 4.80. The van der Waals surface area contributed by atoms with E-state index >= 15 is 0 Å². The minimum Gasteiger partial charge on any atom is -0.396 e. The van der Waals surface area contributed by atoms with Crippen molar-refractivity contribution in [1.29, 1.82) is 0 Å². The van der Waals surface area contributed by atoms with E-state index in [-0.39, 0.29) is 12.4 Å². The van der Waals surface area contributed by atoms with Crippen molar-refractivity contribution in [1.82, 2.24) is 0 Å². The predicted octanol–water partition coefficient (Wildman–Crippen LogP) is 2.24. The summed E-state index contributed by atoms with van der Waals surface area (Å²) in [7, 11) is 0. The van der Waals surface area contributed by atoms with Crippen LogP contribution < -0.4 is 4.90 Å². The van der Waals surface area contributed by atoms with Gasteiger partial charge in [-0.15, -0.1) is 0 Å². The molecule has 1 atom stereocenters. The Kier molecular flexibility index (Phi) is 4.31. The van der Waals surface area contributed by atoms with Crippen LogP contribution in [0.1, 0.15) is 29.6 Å². The number of carbonyl (C=O) groups is 1. The van der Waals surface area contributed by atoms with Crippen molar-refractivity contribution in [3.63, 3.8) is 0 Å². The summed E-state index contributed by atoms with van der Waals surface area (Å²) in [5.41, 5.74) is 0.920. The average Bonchev–Trinajstić information content (AvgIpc) is 2.39. The van der Waals surface area contributed by atoms with Crippen molar-refractivity contribution >= 4 is 12.0 Å². The molecule has 1 aromatic carbocycles.